The minimum absolute atomic E-state index is 0.0162. The Morgan fingerprint density at radius 3 is 2.37 bits per heavy atom. The van der Waals surface area contributed by atoms with Crippen LogP contribution in [0.15, 0.2) is 47.4 Å². The molecule has 0 saturated carbocycles. The van der Waals surface area contributed by atoms with E-state index in [4.69, 9.17) is 21.1 Å². The van der Waals surface area contributed by atoms with E-state index in [1.807, 2.05) is 0 Å². The second kappa shape index (κ2) is 10.6. The number of carbonyl (C=O) groups is 1. The van der Waals surface area contributed by atoms with Crippen molar-refractivity contribution in [3.05, 3.63) is 47.5 Å². The maximum Gasteiger partial charge on any atom is 0.246 e. The molecule has 164 valence electrons. The number of benzene rings is 2. The third-order valence-electron chi connectivity index (χ3n) is 4.17. The van der Waals surface area contributed by atoms with Gasteiger partial charge in [0.25, 0.3) is 0 Å². The number of methoxy groups -OCH3 is 1. The molecule has 0 unspecified atom stereocenters. The Hall–Kier alpha value is -2.33. The number of hydrogen-bond acceptors (Lipinski definition) is 6. The van der Waals surface area contributed by atoms with Gasteiger partial charge in [0, 0.05) is 31.4 Å². The van der Waals surface area contributed by atoms with Crippen LogP contribution >= 0.6 is 11.6 Å². The van der Waals surface area contributed by atoms with Crippen molar-refractivity contribution < 1.29 is 22.7 Å². The molecule has 0 aliphatic carbocycles. The molecule has 2 rings (SSSR count). The molecule has 0 aliphatic rings. The van der Waals surface area contributed by atoms with Gasteiger partial charge in [-0.15, -0.1) is 0 Å². The summed E-state index contributed by atoms with van der Waals surface area (Å²) in [6.07, 6.45) is 0. The minimum atomic E-state index is -3.72. The van der Waals surface area contributed by atoms with Crippen LogP contribution in [0.1, 0.15) is 0 Å². The van der Waals surface area contributed by atoms with Crippen molar-refractivity contribution in [2.75, 3.05) is 53.3 Å². The lowest BCUT2D eigenvalue weighted by atomic mass is 10.3. The summed E-state index contributed by atoms with van der Waals surface area (Å²) in [6, 6.07) is 11.5. The van der Waals surface area contributed by atoms with E-state index < -0.39 is 10.0 Å². The summed E-state index contributed by atoms with van der Waals surface area (Å²) in [6.45, 7) is 1.05. The fraction of sp³-hybridized carbons (Fsp3) is 0.350. The maximum atomic E-state index is 12.5. The zero-order chi connectivity index (χ0) is 22.3. The van der Waals surface area contributed by atoms with E-state index in [0.717, 1.165) is 4.31 Å². The number of halogens is 1. The quantitative estimate of drug-likeness (QED) is 0.592. The predicted octanol–water partition coefficient (Wildman–Crippen LogP) is 2.55. The van der Waals surface area contributed by atoms with Crippen LogP contribution < -0.4 is 14.8 Å². The van der Waals surface area contributed by atoms with Gasteiger partial charge >= 0.3 is 0 Å². The molecular formula is C20H26ClN3O5S. The van der Waals surface area contributed by atoms with Crippen LogP contribution in [0.3, 0.4) is 0 Å². The maximum absolute atomic E-state index is 12.5. The van der Waals surface area contributed by atoms with Crippen molar-refractivity contribution in [2.24, 2.45) is 0 Å². The van der Waals surface area contributed by atoms with Gasteiger partial charge in [0.15, 0.2) is 0 Å². The van der Waals surface area contributed by atoms with E-state index in [9.17, 15) is 13.2 Å². The third kappa shape index (κ3) is 6.60. The molecule has 0 heterocycles. The molecule has 0 atom stereocenters. The second-order valence-corrected chi connectivity index (χ2v) is 9.30. The average Bonchev–Trinajstić information content (AvgIpc) is 2.69. The summed E-state index contributed by atoms with van der Waals surface area (Å²) in [7, 11) is 2.33. The van der Waals surface area contributed by atoms with Gasteiger partial charge in [-0.2, -0.15) is 0 Å². The molecular weight excluding hydrogens is 430 g/mol. The summed E-state index contributed by atoms with van der Waals surface area (Å²) in [5, 5.41) is 3.35. The monoisotopic (exact) mass is 455 g/mol. The minimum Gasteiger partial charge on any atom is -0.495 e. The zero-order valence-electron chi connectivity index (χ0n) is 17.4. The standard InChI is InChI=1S/C20H26ClN3O5S/c1-23(2)30(26,27)19-13-16(7-10-18(19)28-4)22-20(25)14-24(3)11-12-29-17-8-5-15(21)6-9-17/h5-10,13H,11-12,14H2,1-4H3,(H,22,25). The van der Waals surface area contributed by atoms with Crippen molar-refractivity contribution in [3.63, 3.8) is 0 Å². The smallest absolute Gasteiger partial charge is 0.246 e. The summed E-state index contributed by atoms with van der Waals surface area (Å²) >= 11 is 5.84. The molecule has 0 aromatic heterocycles. The molecule has 0 spiro atoms. The Kier molecular flexibility index (Phi) is 8.48. The Balaban J connectivity index is 1.93. The number of amides is 1. The molecule has 0 bridgehead atoms. The number of carbonyl (C=O) groups excluding carboxylic acids is 1. The van der Waals surface area contributed by atoms with Crippen LogP contribution in [0.4, 0.5) is 5.69 Å². The third-order valence-corrected chi connectivity index (χ3v) is 6.26. The van der Waals surface area contributed by atoms with Gasteiger partial charge in [-0.05, 0) is 49.5 Å². The van der Waals surface area contributed by atoms with Gasteiger partial charge in [-0.3, -0.25) is 9.69 Å². The number of sulfonamides is 1. The first-order valence-electron chi connectivity index (χ1n) is 9.11. The molecule has 8 nitrogen and oxygen atoms in total. The summed E-state index contributed by atoms with van der Waals surface area (Å²) in [5.41, 5.74) is 0.368. The van der Waals surface area contributed by atoms with E-state index in [1.165, 1.54) is 33.3 Å². The first-order chi connectivity index (χ1) is 14.1. The van der Waals surface area contributed by atoms with Crippen LogP contribution in [0.25, 0.3) is 0 Å². The molecule has 2 aromatic rings. The molecule has 0 aliphatic heterocycles. The lowest BCUT2D eigenvalue weighted by molar-refractivity contribution is -0.117. The summed E-state index contributed by atoms with van der Waals surface area (Å²) < 4.78 is 36.8. The van der Waals surface area contributed by atoms with E-state index >= 15 is 0 Å². The first kappa shape index (κ1) is 23.9. The molecule has 0 fully saturated rings. The topological polar surface area (TPSA) is 88.2 Å². The van der Waals surface area contributed by atoms with Crippen LogP contribution in [-0.2, 0) is 14.8 Å². The van der Waals surface area contributed by atoms with Crippen molar-refractivity contribution in [3.8, 4) is 11.5 Å². The second-order valence-electron chi connectivity index (χ2n) is 6.74. The van der Waals surface area contributed by atoms with Gasteiger partial charge in [-0.1, -0.05) is 11.6 Å². The van der Waals surface area contributed by atoms with Crippen LogP contribution in [0.5, 0.6) is 11.5 Å². The Morgan fingerprint density at radius 2 is 1.77 bits per heavy atom. The highest BCUT2D eigenvalue weighted by atomic mass is 35.5. The number of rotatable bonds is 10. The highest BCUT2D eigenvalue weighted by Gasteiger charge is 2.23. The molecule has 0 saturated heterocycles. The zero-order valence-corrected chi connectivity index (χ0v) is 19.0. The van der Waals surface area contributed by atoms with E-state index in [1.54, 1.807) is 42.3 Å². The SMILES string of the molecule is COc1ccc(NC(=O)CN(C)CCOc2ccc(Cl)cc2)cc1S(=O)(=O)N(C)C. The van der Waals surface area contributed by atoms with E-state index in [-0.39, 0.29) is 23.1 Å². The summed E-state index contributed by atoms with van der Waals surface area (Å²) in [5.74, 6) is 0.630. The fourth-order valence-corrected chi connectivity index (χ4v) is 3.73. The lowest BCUT2D eigenvalue weighted by Crippen LogP contribution is -2.33. The molecule has 1 amide bonds. The van der Waals surface area contributed by atoms with Gasteiger partial charge < -0.3 is 14.8 Å². The van der Waals surface area contributed by atoms with Crippen molar-refractivity contribution in [1.29, 1.82) is 0 Å². The lowest BCUT2D eigenvalue weighted by Gasteiger charge is -2.18. The fourth-order valence-electron chi connectivity index (χ4n) is 2.53. The van der Waals surface area contributed by atoms with Gasteiger partial charge in [-0.25, -0.2) is 12.7 Å². The largest absolute Gasteiger partial charge is 0.495 e. The van der Waals surface area contributed by atoms with Crippen molar-refractivity contribution in [1.82, 2.24) is 9.21 Å². The molecule has 10 heteroatoms. The molecule has 2 aromatic carbocycles. The Morgan fingerprint density at radius 1 is 1.10 bits per heavy atom. The summed E-state index contributed by atoms with van der Waals surface area (Å²) in [4.78, 5) is 14.1. The predicted molar refractivity (Wildman–Crippen MR) is 117 cm³/mol. The van der Waals surface area contributed by atoms with E-state index in [0.29, 0.717) is 29.6 Å². The van der Waals surface area contributed by atoms with Gasteiger partial charge in [0.05, 0.1) is 13.7 Å². The number of anilines is 1. The molecule has 30 heavy (non-hydrogen) atoms. The van der Waals surface area contributed by atoms with Crippen molar-refractivity contribution >= 4 is 33.2 Å². The van der Waals surface area contributed by atoms with Crippen LogP contribution in [0.2, 0.25) is 5.02 Å². The number of hydrogen-bond donors (Lipinski definition) is 1. The average molecular weight is 456 g/mol. The number of likely N-dealkylation sites (N-methyl/N-ethyl adjacent to an activating group) is 1. The molecule has 0 radical (unpaired) electrons. The Labute approximate surface area is 182 Å². The first-order valence-corrected chi connectivity index (χ1v) is 10.9. The van der Waals surface area contributed by atoms with Gasteiger partial charge in [0.2, 0.25) is 15.9 Å². The van der Waals surface area contributed by atoms with Crippen molar-refractivity contribution in [2.45, 2.75) is 4.90 Å². The molecule has 1 N–H and O–H groups in total. The van der Waals surface area contributed by atoms with Crippen LogP contribution in [0, 0.1) is 0 Å². The highest BCUT2D eigenvalue weighted by Crippen LogP contribution is 2.28. The van der Waals surface area contributed by atoms with Gasteiger partial charge in [0.1, 0.15) is 23.0 Å². The number of nitrogens with zero attached hydrogens (tertiary/aromatic N) is 2. The van der Waals surface area contributed by atoms with Crippen LogP contribution in [-0.4, -0.2) is 71.5 Å². The number of ether oxygens (including phenoxy) is 2. The van der Waals surface area contributed by atoms with E-state index in [2.05, 4.69) is 5.32 Å². The Bertz CT molecular complexity index is 965. The highest BCUT2D eigenvalue weighted by molar-refractivity contribution is 7.89. The normalized spacial score (nSPS) is 11.6. The number of nitrogens with one attached hydrogen (secondary N) is 1.